The maximum absolute atomic E-state index is 11.7. The van der Waals surface area contributed by atoms with E-state index in [1.807, 2.05) is 13.0 Å². The highest BCUT2D eigenvalue weighted by Gasteiger charge is 2.08. The summed E-state index contributed by atoms with van der Waals surface area (Å²) in [7, 11) is 0. The molecule has 0 aromatic heterocycles. The van der Waals surface area contributed by atoms with Gasteiger partial charge in [0.05, 0.1) is 17.9 Å². The van der Waals surface area contributed by atoms with Gasteiger partial charge in [-0.25, -0.2) is 0 Å². The van der Waals surface area contributed by atoms with Gasteiger partial charge in [0.2, 0.25) is 0 Å². The number of hydrogen-bond acceptors (Lipinski definition) is 4. The molecular weight excluding hydrogens is 206 g/mol. The predicted molar refractivity (Wildman–Crippen MR) is 63.1 cm³/mol. The van der Waals surface area contributed by atoms with Gasteiger partial charge in [-0.3, -0.25) is 10.6 Å². The van der Waals surface area contributed by atoms with Gasteiger partial charge in [0, 0.05) is 13.2 Å². The average Bonchev–Trinajstić information content (AvgIpc) is 2.34. The summed E-state index contributed by atoms with van der Waals surface area (Å²) in [4.78, 5) is 11.7. The number of anilines is 1. The third kappa shape index (κ3) is 3.52. The summed E-state index contributed by atoms with van der Waals surface area (Å²) in [5.74, 6) is 5.15. The Hall–Kier alpha value is -1.59. The fourth-order valence-electron chi connectivity index (χ4n) is 1.28. The third-order valence-corrected chi connectivity index (χ3v) is 2.06. The van der Waals surface area contributed by atoms with Crippen LogP contribution < -0.4 is 16.6 Å². The van der Waals surface area contributed by atoms with E-state index in [1.54, 1.807) is 18.2 Å². The molecule has 0 atom stereocenters. The first-order valence-electron chi connectivity index (χ1n) is 5.21. The number of hydrogen-bond donors (Lipinski definition) is 3. The zero-order valence-corrected chi connectivity index (χ0v) is 9.32. The van der Waals surface area contributed by atoms with Crippen molar-refractivity contribution in [1.82, 2.24) is 5.32 Å². The number of hydrazine groups is 1. The van der Waals surface area contributed by atoms with Crippen LogP contribution in [0.2, 0.25) is 0 Å². The highest BCUT2D eigenvalue weighted by atomic mass is 16.5. The lowest BCUT2D eigenvalue weighted by Crippen LogP contribution is -2.28. The lowest BCUT2D eigenvalue weighted by atomic mass is 10.1. The van der Waals surface area contributed by atoms with E-state index in [0.29, 0.717) is 31.0 Å². The minimum Gasteiger partial charge on any atom is -0.380 e. The summed E-state index contributed by atoms with van der Waals surface area (Å²) in [5.41, 5.74) is 3.62. The zero-order chi connectivity index (χ0) is 11.8. The lowest BCUT2D eigenvalue weighted by Gasteiger charge is -2.09. The Morgan fingerprint density at radius 1 is 1.44 bits per heavy atom. The molecule has 4 N–H and O–H groups in total. The smallest absolute Gasteiger partial charge is 0.253 e. The molecule has 0 heterocycles. The number of para-hydroxylation sites is 1. The molecule has 0 aliphatic carbocycles. The van der Waals surface area contributed by atoms with Crippen LogP contribution in [0.4, 0.5) is 5.69 Å². The van der Waals surface area contributed by atoms with Crippen molar-refractivity contribution in [1.29, 1.82) is 0 Å². The van der Waals surface area contributed by atoms with Crippen LogP contribution in [0, 0.1) is 0 Å². The Kier molecular flexibility index (Phi) is 5.31. The monoisotopic (exact) mass is 223 g/mol. The summed E-state index contributed by atoms with van der Waals surface area (Å²) in [6, 6.07) is 7.06. The van der Waals surface area contributed by atoms with E-state index in [2.05, 4.69) is 10.7 Å². The van der Waals surface area contributed by atoms with Crippen LogP contribution in [-0.4, -0.2) is 25.7 Å². The quantitative estimate of drug-likeness (QED) is 0.377. The van der Waals surface area contributed by atoms with Gasteiger partial charge in [-0.1, -0.05) is 12.1 Å². The van der Waals surface area contributed by atoms with Crippen LogP contribution in [0.1, 0.15) is 17.3 Å². The van der Waals surface area contributed by atoms with E-state index in [1.165, 1.54) is 0 Å². The second kappa shape index (κ2) is 6.81. The Bertz CT molecular complexity index is 342. The van der Waals surface area contributed by atoms with Crippen molar-refractivity contribution in [2.75, 3.05) is 25.2 Å². The lowest BCUT2D eigenvalue weighted by molar-refractivity contribution is 0.0923. The number of amides is 1. The number of nitrogens with one attached hydrogen (secondary N) is 2. The zero-order valence-electron chi connectivity index (χ0n) is 9.32. The number of rotatable bonds is 6. The van der Waals surface area contributed by atoms with Crippen molar-refractivity contribution >= 4 is 11.6 Å². The van der Waals surface area contributed by atoms with Crippen molar-refractivity contribution in [2.24, 2.45) is 5.84 Å². The van der Waals surface area contributed by atoms with Crippen LogP contribution in [0.3, 0.4) is 0 Å². The summed E-state index contributed by atoms with van der Waals surface area (Å²) < 4.78 is 5.12. The van der Waals surface area contributed by atoms with Gasteiger partial charge in [0.1, 0.15) is 0 Å². The van der Waals surface area contributed by atoms with Crippen molar-refractivity contribution in [3.05, 3.63) is 29.8 Å². The van der Waals surface area contributed by atoms with E-state index < -0.39 is 0 Å². The van der Waals surface area contributed by atoms with Gasteiger partial charge in [-0.2, -0.15) is 0 Å². The third-order valence-electron chi connectivity index (χ3n) is 2.06. The molecule has 0 aliphatic heterocycles. The molecule has 1 amide bonds. The summed E-state index contributed by atoms with van der Waals surface area (Å²) in [6.45, 7) is 3.57. The van der Waals surface area contributed by atoms with Crippen LogP contribution in [0.25, 0.3) is 0 Å². The van der Waals surface area contributed by atoms with Crippen LogP contribution in [0.15, 0.2) is 24.3 Å². The van der Waals surface area contributed by atoms with E-state index in [9.17, 15) is 4.79 Å². The normalized spacial score (nSPS) is 9.88. The van der Waals surface area contributed by atoms with Crippen molar-refractivity contribution in [3.8, 4) is 0 Å². The Morgan fingerprint density at radius 3 is 2.88 bits per heavy atom. The Labute approximate surface area is 94.9 Å². The summed E-state index contributed by atoms with van der Waals surface area (Å²) in [5, 5.41) is 2.75. The number of ether oxygens (including phenoxy) is 1. The largest absolute Gasteiger partial charge is 0.380 e. The SMILES string of the molecule is CCOCCNC(=O)c1ccccc1NN. The molecule has 0 saturated carbocycles. The molecule has 1 aromatic carbocycles. The van der Waals surface area contributed by atoms with Gasteiger partial charge < -0.3 is 15.5 Å². The number of nitrogens with two attached hydrogens (primary N) is 1. The number of carbonyl (C=O) groups excluding carboxylic acids is 1. The standard InChI is InChI=1S/C11H17N3O2/c1-2-16-8-7-13-11(15)9-5-3-4-6-10(9)14-12/h3-6,14H,2,7-8,12H2,1H3,(H,13,15). The van der Waals surface area contributed by atoms with E-state index >= 15 is 0 Å². The van der Waals surface area contributed by atoms with Crippen LogP contribution in [-0.2, 0) is 4.74 Å². The van der Waals surface area contributed by atoms with E-state index in [-0.39, 0.29) is 5.91 Å². The average molecular weight is 223 g/mol. The molecule has 5 nitrogen and oxygen atoms in total. The molecule has 1 rings (SSSR count). The molecular formula is C11H17N3O2. The van der Waals surface area contributed by atoms with Gasteiger partial charge in [0.15, 0.2) is 0 Å². The fraction of sp³-hybridized carbons (Fsp3) is 0.364. The summed E-state index contributed by atoms with van der Waals surface area (Å²) in [6.07, 6.45) is 0. The van der Waals surface area contributed by atoms with E-state index in [4.69, 9.17) is 10.6 Å². The Balaban J connectivity index is 2.52. The number of nitrogen functional groups attached to an aromatic ring is 1. The highest BCUT2D eigenvalue weighted by Crippen LogP contribution is 2.12. The molecule has 0 spiro atoms. The van der Waals surface area contributed by atoms with Crippen molar-refractivity contribution < 1.29 is 9.53 Å². The molecule has 0 fully saturated rings. The van der Waals surface area contributed by atoms with Crippen molar-refractivity contribution in [3.63, 3.8) is 0 Å². The van der Waals surface area contributed by atoms with Gasteiger partial charge in [-0.05, 0) is 19.1 Å². The second-order valence-electron chi connectivity index (χ2n) is 3.14. The molecule has 88 valence electrons. The van der Waals surface area contributed by atoms with Gasteiger partial charge >= 0.3 is 0 Å². The maximum Gasteiger partial charge on any atom is 0.253 e. The minimum absolute atomic E-state index is 0.159. The highest BCUT2D eigenvalue weighted by molar-refractivity contribution is 5.99. The first-order valence-corrected chi connectivity index (χ1v) is 5.21. The number of carbonyl (C=O) groups is 1. The number of benzene rings is 1. The van der Waals surface area contributed by atoms with Crippen LogP contribution >= 0.6 is 0 Å². The molecule has 0 saturated heterocycles. The van der Waals surface area contributed by atoms with Gasteiger partial charge in [0.25, 0.3) is 5.91 Å². The molecule has 0 aliphatic rings. The fourth-order valence-corrected chi connectivity index (χ4v) is 1.28. The molecule has 16 heavy (non-hydrogen) atoms. The molecule has 1 aromatic rings. The topological polar surface area (TPSA) is 76.4 Å². The first-order chi connectivity index (χ1) is 7.79. The summed E-state index contributed by atoms with van der Waals surface area (Å²) >= 11 is 0. The first kappa shape index (κ1) is 12.5. The van der Waals surface area contributed by atoms with Crippen molar-refractivity contribution in [2.45, 2.75) is 6.92 Å². The van der Waals surface area contributed by atoms with Gasteiger partial charge in [-0.15, -0.1) is 0 Å². The predicted octanol–water partition coefficient (Wildman–Crippen LogP) is 0.738. The Morgan fingerprint density at radius 2 is 2.19 bits per heavy atom. The molecule has 0 unspecified atom stereocenters. The van der Waals surface area contributed by atoms with Crippen LogP contribution in [0.5, 0.6) is 0 Å². The maximum atomic E-state index is 11.7. The van der Waals surface area contributed by atoms with E-state index in [0.717, 1.165) is 0 Å². The molecule has 0 radical (unpaired) electrons. The minimum atomic E-state index is -0.159. The molecule has 5 heteroatoms. The molecule has 0 bridgehead atoms. The second-order valence-corrected chi connectivity index (χ2v) is 3.14.